The Balaban J connectivity index is 0.000000123. The van der Waals surface area contributed by atoms with Crippen LogP contribution in [0.2, 0.25) is 0 Å². The van der Waals surface area contributed by atoms with Crippen LogP contribution >= 0.6 is 38.6 Å². The average Bonchev–Trinajstić information content (AvgIpc) is 1.58. The standard InChI is InChI=1S/C44H29NS.C26H17Br.C18H13NS/c1-3-13-30(14-4-1)43-36-18-7-9-20-38(36)44(39-21-10-8-19-37(39)43)31-23-25-33(26-24-31)45(32-15-5-2-6-16-32)34-27-28-42-40(29-34)35-17-11-12-22-41(35)46-42;27-20-16-14-19(15-17-20)26-23-12-6-4-10-21(23)25(18-8-2-1-3-9-18)22-11-5-7-13-24(22)26;1-2-6-13(7-3-1)19-14-10-11-18-16(12-14)15-8-4-5-9-17(15)20-18/h1-29H;1-17H;1-12,19H. The van der Waals surface area contributed by atoms with Crippen molar-refractivity contribution in [3.05, 3.63) is 356 Å². The van der Waals surface area contributed by atoms with Gasteiger partial charge in [0, 0.05) is 73.3 Å². The van der Waals surface area contributed by atoms with Crippen molar-refractivity contribution in [1.82, 2.24) is 0 Å². The first-order valence-corrected chi connectivity index (χ1v) is 33.8. The fourth-order valence-electron chi connectivity index (χ4n) is 13.5. The maximum atomic E-state index is 3.56. The summed E-state index contributed by atoms with van der Waals surface area (Å²) in [6.45, 7) is 0. The van der Waals surface area contributed by atoms with Crippen molar-refractivity contribution >= 4 is 150 Å². The van der Waals surface area contributed by atoms with Crippen LogP contribution in [0, 0.1) is 0 Å². The number of fused-ring (bicyclic) bond motifs is 10. The molecule has 0 aliphatic rings. The maximum absolute atomic E-state index is 3.56. The molecule has 1 N–H and O–H groups in total. The number of hydrogen-bond acceptors (Lipinski definition) is 4. The van der Waals surface area contributed by atoms with E-state index in [2.05, 4.69) is 360 Å². The van der Waals surface area contributed by atoms with Crippen LogP contribution in [0.5, 0.6) is 0 Å². The number of anilines is 5. The third-order valence-electron chi connectivity index (χ3n) is 17.6. The van der Waals surface area contributed by atoms with Crippen molar-refractivity contribution in [3.8, 4) is 44.5 Å². The van der Waals surface area contributed by atoms with E-state index < -0.39 is 0 Å². The summed E-state index contributed by atoms with van der Waals surface area (Å²) in [5.74, 6) is 0. The highest BCUT2D eigenvalue weighted by atomic mass is 79.9. The Bertz CT molecular complexity index is 5600. The third-order valence-corrected chi connectivity index (χ3v) is 20.4. The summed E-state index contributed by atoms with van der Waals surface area (Å²) in [5, 5.41) is 19.0. The fraction of sp³-hybridized carbons (Fsp3) is 0. The molecule has 2 heterocycles. The van der Waals surface area contributed by atoms with Crippen LogP contribution < -0.4 is 10.2 Å². The minimum absolute atomic E-state index is 1.10. The molecule has 0 aliphatic carbocycles. The first kappa shape index (κ1) is 57.3. The largest absolute Gasteiger partial charge is 0.356 e. The maximum Gasteiger partial charge on any atom is 0.0468 e. The summed E-state index contributed by atoms with van der Waals surface area (Å²) in [4.78, 5) is 2.37. The van der Waals surface area contributed by atoms with Gasteiger partial charge in [0.15, 0.2) is 0 Å². The second-order valence-electron chi connectivity index (χ2n) is 23.2. The number of hydrogen-bond donors (Lipinski definition) is 1. The van der Waals surface area contributed by atoms with E-state index in [-0.39, 0.29) is 0 Å². The summed E-state index contributed by atoms with van der Waals surface area (Å²) in [6.07, 6.45) is 0. The Kier molecular flexibility index (Phi) is 15.6. The van der Waals surface area contributed by atoms with Crippen molar-refractivity contribution < 1.29 is 0 Å². The first-order chi connectivity index (χ1) is 46.1. The number of nitrogens with one attached hydrogen (secondary N) is 1. The van der Waals surface area contributed by atoms with E-state index in [0.717, 1.165) is 32.9 Å². The summed E-state index contributed by atoms with van der Waals surface area (Å²) >= 11 is 7.26. The van der Waals surface area contributed by atoms with Gasteiger partial charge in [-0.3, -0.25) is 0 Å². The van der Waals surface area contributed by atoms with Crippen molar-refractivity contribution in [1.29, 1.82) is 0 Å². The summed E-state index contributed by atoms with van der Waals surface area (Å²) in [5.41, 5.74) is 15.8. The molecule has 18 aromatic rings. The van der Waals surface area contributed by atoms with Gasteiger partial charge in [0.2, 0.25) is 0 Å². The van der Waals surface area contributed by atoms with E-state index in [1.807, 2.05) is 40.9 Å². The Labute approximate surface area is 557 Å². The molecule has 440 valence electrons. The summed E-state index contributed by atoms with van der Waals surface area (Å²) < 4.78 is 6.42. The minimum Gasteiger partial charge on any atom is -0.356 e. The van der Waals surface area contributed by atoms with E-state index in [0.29, 0.717) is 0 Å². The average molecular weight is 1290 g/mol. The quantitative estimate of drug-likeness (QED) is 0.145. The zero-order valence-electron chi connectivity index (χ0n) is 50.6. The van der Waals surface area contributed by atoms with Crippen molar-refractivity contribution in [2.24, 2.45) is 0 Å². The molecule has 2 nitrogen and oxygen atoms in total. The second kappa shape index (κ2) is 25.4. The molecule has 0 fully saturated rings. The first-order valence-electron chi connectivity index (χ1n) is 31.4. The highest BCUT2D eigenvalue weighted by Gasteiger charge is 2.20. The van der Waals surface area contributed by atoms with E-state index in [1.165, 1.54) is 128 Å². The molecule has 0 bridgehead atoms. The van der Waals surface area contributed by atoms with Crippen LogP contribution in [0.1, 0.15) is 0 Å². The lowest BCUT2D eigenvalue weighted by molar-refractivity contribution is 1.29. The topological polar surface area (TPSA) is 15.3 Å². The third kappa shape index (κ3) is 11.2. The Morgan fingerprint density at radius 2 is 0.516 bits per heavy atom. The van der Waals surface area contributed by atoms with E-state index in [4.69, 9.17) is 0 Å². The molecule has 93 heavy (non-hydrogen) atoms. The number of nitrogens with zero attached hydrogens (tertiary/aromatic N) is 1. The van der Waals surface area contributed by atoms with Gasteiger partial charge in [-0.1, -0.05) is 271 Å². The molecule has 0 saturated carbocycles. The van der Waals surface area contributed by atoms with E-state index in [1.54, 1.807) is 0 Å². The number of para-hydroxylation sites is 2. The normalized spacial score (nSPS) is 11.3. The molecule has 0 aliphatic heterocycles. The van der Waals surface area contributed by atoms with Crippen LogP contribution in [0.15, 0.2) is 356 Å². The summed E-state index contributed by atoms with van der Waals surface area (Å²) in [6, 6.07) is 126. The minimum atomic E-state index is 1.10. The summed E-state index contributed by atoms with van der Waals surface area (Å²) in [7, 11) is 0. The zero-order valence-corrected chi connectivity index (χ0v) is 53.8. The highest BCUT2D eigenvalue weighted by molar-refractivity contribution is 9.10. The van der Waals surface area contributed by atoms with Gasteiger partial charge in [0.25, 0.3) is 0 Å². The smallest absolute Gasteiger partial charge is 0.0468 e. The lowest BCUT2D eigenvalue weighted by Crippen LogP contribution is -2.09. The van der Waals surface area contributed by atoms with Crippen molar-refractivity contribution in [3.63, 3.8) is 0 Å². The Morgan fingerprint density at radius 3 is 0.946 bits per heavy atom. The van der Waals surface area contributed by atoms with Crippen molar-refractivity contribution in [2.75, 3.05) is 10.2 Å². The van der Waals surface area contributed by atoms with Crippen LogP contribution in [-0.2, 0) is 0 Å². The molecular weight excluding hydrogens is 1230 g/mol. The Morgan fingerprint density at radius 1 is 0.215 bits per heavy atom. The molecule has 0 spiro atoms. The van der Waals surface area contributed by atoms with Gasteiger partial charge in [-0.15, -0.1) is 22.7 Å². The molecule has 0 saturated heterocycles. The number of halogens is 1. The molecule has 0 amide bonds. The van der Waals surface area contributed by atoms with Gasteiger partial charge in [-0.2, -0.15) is 0 Å². The van der Waals surface area contributed by atoms with Crippen LogP contribution in [0.4, 0.5) is 28.4 Å². The van der Waals surface area contributed by atoms with E-state index >= 15 is 0 Å². The highest BCUT2D eigenvalue weighted by Crippen LogP contribution is 2.47. The van der Waals surface area contributed by atoms with Gasteiger partial charge < -0.3 is 10.2 Å². The Hall–Kier alpha value is -10.9. The van der Waals surface area contributed by atoms with Gasteiger partial charge in [0.1, 0.15) is 0 Å². The molecule has 0 unspecified atom stereocenters. The predicted molar refractivity (Wildman–Crippen MR) is 409 cm³/mol. The monoisotopic (exact) mass is 1290 g/mol. The zero-order chi connectivity index (χ0) is 62.0. The van der Waals surface area contributed by atoms with Crippen LogP contribution in [-0.4, -0.2) is 0 Å². The molecule has 0 atom stereocenters. The lowest BCUT2D eigenvalue weighted by Gasteiger charge is -2.26. The molecule has 2 aromatic heterocycles. The number of rotatable bonds is 9. The van der Waals surface area contributed by atoms with Crippen LogP contribution in [0.25, 0.3) is 128 Å². The molecule has 5 heteroatoms. The lowest BCUT2D eigenvalue weighted by atomic mass is 9.86. The molecule has 0 radical (unpaired) electrons. The fourth-order valence-corrected chi connectivity index (χ4v) is 15.9. The van der Waals surface area contributed by atoms with Gasteiger partial charge in [-0.25, -0.2) is 0 Å². The number of benzene rings is 16. The molecular formula is C88H59BrN2S2. The van der Waals surface area contributed by atoms with Gasteiger partial charge in [0.05, 0.1) is 0 Å². The second-order valence-corrected chi connectivity index (χ2v) is 26.3. The molecule has 16 aromatic carbocycles. The predicted octanol–water partition coefficient (Wildman–Crippen LogP) is 27.1. The van der Waals surface area contributed by atoms with Gasteiger partial charge >= 0.3 is 0 Å². The van der Waals surface area contributed by atoms with Crippen molar-refractivity contribution in [2.45, 2.75) is 0 Å². The van der Waals surface area contributed by atoms with Crippen LogP contribution in [0.3, 0.4) is 0 Å². The SMILES string of the molecule is Brc1ccc(-c2c3ccccc3c(-c3ccccc3)c3ccccc23)cc1.c1ccc(-c2c3ccccc3c(-c3ccc(N(c4ccccc4)c4ccc5sc6ccccc6c5c4)cc3)c3ccccc23)cc1.c1ccc(Nc2ccc3sc4ccccc4c3c2)cc1. The molecule has 18 rings (SSSR count). The number of thiophene rings is 2. The van der Waals surface area contributed by atoms with Gasteiger partial charge in [-0.05, 0) is 185 Å². The van der Waals surface area contributed by atoms with E-state index in [9.17, 15) is 0 Å².